The van der Waals surface area contributed by atoms with E-state index in [9.17, 15) is 18.0 Å². The Morgan fingerprint density at radius 1 is 1.08 bits per heavy atom. The molecular weight excluding hydrogens is 529 g/mol. The van der Waals surface area contributed by atoms with Crippen molar-refractivity contribution in [3.8, 4) is 11.5 Å². The van der Waals surface area contributed by atoms with Gasteiger partial charge in [0, 0.05) is 29.2 Å². The number of halogens is 2. The molecule has 0 spiro atoms. The summed E-state index contributed by atoms with van der Waals surface area (Å²) in [6, 6.07) is 8.52. The number of methoxy groups -OCH3 is 2. The van der Waals surface area contributed by atoms with Gasteiger partial charge in [0.25, 0.3) is 0 Å². The van der Waals surface area contributed by atoms with Crippen LogP contribution in [-0.2, 0) is 26.2 Å². The highest BCUT2D eigenvalue weighted by Crippen LogP contribution is 2.34. The number of nitrogens with zero attached hydrogens (tertiary/aromatic N) is 2. The molecule has 12 heteroatoms. The Morgan fingerprint density at radius 3 is 2.33 bits per heavy atom. The summed E-state index contributed by atoms with van der Waals surface area (Å²) < 4.78 is 37.1. The molecule has 1 atom stereocenters. The summed E-state index contributed by atoms with van der Waals surface area (Å²) in [6.07, 6.45) is 1.70. The molecule has 0 fully saturated rings. The minimum absolute atomic E-state index is 0.0393. The Morgan fingerprint density at radius 2 is 1.78 bits per heavy atom. The van der Waals surface area contributed by atoms with Gasteiger partial charge in [-0.1, -0.05) is 36.2 Å². The molecule has 0 aromatic heterocycles. The SMILES string of the molecule is CCCNC(=O)[C@H](C)N(Cc1ccc(Cl)cc1Cl)C(=O)CN(c1cc(OC)ccc1OC)S(C)(=O)=O. The van der Waals surface area contributed by atoms with Gasteiger partial charge in [-0.25, -0.2) is 8.42 Å². The molecule has 2 amide bonds. The van der Waals surface area contributed by atoms with Gasteiger partial charge >= 0.3 is 0 Å². The second-order valence-electron chi connectivity index (χ2n) is 8.03. The molecule has 0 unspecified atom stereocenters. The van der Waals surface area contributed by atoms with Crippen LogP contribution >= 0.6 is 23.2 Å². The Kier molecular flexibility index (Phi) is 10.7. The third-order valence-corrected chi connectivity index (χ3v) is 7.12. The molecule has 9 nitrogen and oxygen atoms in total. The lowest BCUT2D eigenvalue weighted by Crippen LogP contribution is -2.51. The number of anilines is 1. The van der Waals surface area contributed by atoms with Gasteiger partial charge in [-0.2, -0.15) is 0 Å². The van der Waals surface area contributed by atoms with Gasteiger partial charge in [0.1, 0.15) is 24.1 Å². The third-order valence-electron chi connectivity index (χ3n) is 5.41. The molecule has 0 saturated carbocycles. The second-order valence-corrected chi connectivity index (χ2v) is 10.8. The molecule has 2 rings (SSSR count). The molecule has 2 aromatic carbocycles. The van der Waals surface area contributed by atoms with E-state index in [4.69, 9.17) is 32.7 Å². The van der Waals surface area contributed by atoms with Crippen LogP contribution in [0.2, 0.25) is 10.0 Å². The van der Waals surface area contributed by atoms with Crippen LogP contribution in [0.3, 0.4) is 0 Å². The highest BCUT2D eigenvalue weighted by atomic mass is 35.5. The van der Waals surface area contributed by atoms with Crippen molar-refractivity contribution in [2.45, 2.75) is 32.9 Å². The average Bonchev–Trinajstić information content (AvgIpc) is 2.83. The lowest BCUT2D eigenvalue weighted by Gasteiger charge is -2.32. The van der Waals surface area contributed by atoms with E-state index in [1.165, 1.54) is 31.3 Å². The number of carbonyl (C=O) groups is 2. The zero-order valence-corrected chi connectivity index (χ0v) is 23.2. The van der Waals surface area contributed by atoms with Crippen molar-refractivity contribution in [2.75, 3.05) is 37.9 Å². The number of hydrogen-bond donors (Lipinski definition) is 1. The Hall–Kier alpha value is -2.69. The van der Waals surface area contributed by atoms with E-state index in [0.29, 0.717) is 34.3 Å². The van der Waals surface area contributed by atoms with Crippen molar-refractivity contribution < 1.29 is 27.5 Å². The topological polar surface area (TPSA) is 105 Å². The minimum Gasteiger partial charge on any atom is -0.497 e. The van der Waals surface area contributed by atoms with Gasteiger partial charge in [0.15, 0.2) is 0 Å². The first-order chi connectivity index (χ1) is 16.9. The van der Waals surface area contributed by atoms with Crippen LogP contribution in [0.25, 0.3) is 0 Å². The summed E-state index contributed by atoms with van der Waals surface area (Å²) in [7, 11) is -1.11. The summed E-state index contributed by atoms with van der Waals surface area (Å²) in [5, 5.41) is 3.51. The second kappa shape index (κ2) is 13.0. The van der Waals surface area contributed by atoms with Crippen LogP contribution in [0, 0.1) is 0 Å². The van der Waals surface area contributed by atoms with E-state index in [2.05, 4.69) is 5.32 Å². The highest BCUT2D eigenvalue weighted by Gasteiger charge is 2.31. The molecule has 0 saturated heterocycles. The molecule has 0 radical (unpaired) electrons. The van der Waals surface area contributed by atoms with E-state index in [0.717, 1.165) is 10.6 Å². The zero-order chi connectivity index (χ0) is 27.0. The fourth-order valence-corrected chi connectivity index (χ4v) is 4.71. The number of ether oxygens (including phenoxy) is 2. The van der Waals surface area contributed by atoms with E-state index >= 15 is 0 Å². The molecule has 0 aliphatic carbocycles. The monoisotopic (exact) mass is 559 g/mol. The molecule has 0 aliphatic rings. The number of carbonyl (C=O) groups excluding carboxylic acids is 2. The summed E-state index contributed by atoms with van der Waals surface area (Å²) in [5.41, 5.74) is 0.676. The first-order valence-electron chi connectivity index (χ1n) is 11.1. The number of amides is 2. The Balaban J connectivity index is 2.50. The molecule has 198 valence electrons. The van der Waals surface area contributed by atoms with Gasteiger partial charge < -0.3 is 19.7 Å². The first-order valence-corrected chi connectivity index (χ1v) is 13.7. The molecular formula is C24H31Cl2N3O6S. The standard InChI is InChI=1S/C24H31Cl2N3O6S/c1-6-11-27-24(31)16(2)28(14-17-7-8-18(25)12-20(17)26)23(30)15-29(36(5,32)33)21-13-19(34-3)9-10-22(21)35-4/h7-10,12-13,16H,6,11,14-15H2,1-5H3,(H,27,31)/t16-/m0/s1. The highest BCUT2D eigenvalue weighted by molar-refractivity contribution is 7.92. The number of nitrogens with one attached hydrogen (secondary N) is 1. The van der Waals surface area contributed by atoms with Crippen molar-refractivity contribution in [2.24, 2.45) is 0 Å². The molecule has 1 N–H and O–H groups in total. The van der Waals surface area contributed by atoms with Crippen LogP contribution < -0.4 is 19.1 Å². The Labute approximate surface area is 222 Å². The van der Waals surface area contributed by atoms with E-state index < -0.39 is 28.5 Å². The molecule has 0 heterocycles. The van der Waals surface area contributed by atoms with Crippen LogP contribution in [0.1, 0.15) is 25.8 Å². The van der Waals surface area contributed by atoms with Gasteiger partial charge in [0.05, 0.1) is 26.2 Å². The number of rotatable bonds is 12. The van der Waals surface area contributed by atoms with Crippen LogP contribution in [0.15, 0.2) is 36.4 Å². The quantitative estimate of drug-likeness (QED) is 0.425. The largest absolute Gasteiger partial charge is 0.497 e. The summed E-state index contributed by atoms with van der Waals surface area (Å²) in [6.45, 7) is 3.29. The molecule has 0 aliphatic heterocycles. The summed E-state index contributed by atoms with van der Waals surface area (Å²) in [4.78, 5) is 27.7. The number of hydrogen-bond acceptors (Lipinski definition) is 6. The first kappa shape index (κ1) is 29.5. The van der Waals surface area contributed by atoms with Crippen molar-refractivity contribution in [1.29, 1.82) is 0 Å². The average molecular weight is 561 g/mol. The Bertz CT molecular complexity index is 1190. The van der Waals surface area contributed by atoms with E-state index in [-0.39, 0.29) is 23.9 Å². The fourth-order valence-electron chi connectivity index (χ4n) is 3.40. The summed E-state index contributed by atoms with van der Waals surface area (Å²) in [5.74, 6) is -0.380. The van der Waals surface area contributed by atoms with E-state index in [1.54, 1.807) is 31.2 Å². The fraction of sp³-hybridized carbons (Fsp3) is 0.417. The lowest BCUT2D eigenvalue weighted by molar-refractivity contribution is -0.139. The predicted octanol–water partition coefficient (Wildman–Crippen LogP) is 3.72. The van der Waals surface area contributed by atoms with Crippen molar-refractivity contribution in [1.82, 2.24) is 10.2 Å². The third kappa shape index (κ3) is 7.65. The normalized spacial score (nSPS) is 12.0. The molecule has 0 bridgehead atoms. The van der Waals surface area contributed by atoms with Crippen molar-refractivity contribution in [3.05, 3.63) is 52.0 Å². The van der Waals surface area contributed by atoms with Crippen LogP contribution in [0.4, 0.5) is 5.69 Å². The van der Waals surface area contributed by atoms with Gasteiger partial charge in [0.2, 0.25) is 21.8 Å². The van der Waals surface area contributed by atoms with E-state index in [1.807, 2.05) is 6.92 Å². The molecule has 36 heavy (non-hydrogen) atoms. The zero-order valence-electron chi connectivity index (χ0n) is 20.9. The van der Waals surface area contributed by atoms with Crippen LogP contribution in [0.5, 0.6) is 11.5 Å². The maximum absolute atomic E-state index is 13.6. The number of sulfonamides is 1. The lowest BCUT2D eigenvalue weighted by atomic mass is 10.1. The van der Waals surface area contributed by atoms with Gasteiger partial charge in [-0.05, 0) is 43.2 Å². The van der Waals surface area contributed by atoms with Gasteiger partial charge in [-0.15, -0.1) is 0 Å². The predicted molar refractivity (Wildman–Crippen MR) is 142 cm³/mol. The van der Waals surface area contributed by atoms with Crippen molar-refractivity contribution in [3.63, 3.8) is 0 Å². The number of benzene rings is 2. The van der Waals surface area contributed by atoms with Gasteiger partial charge in [-0.3, -0.25) is 13.9 Å². The maximum atomic E-state index is 13.6. The summed E-state index contributed by atoms with van der Waals surface area (Å²) >= 11 is 12.3. The van der Waals surface area contributed by atoms with Crippen LogP contribution in [-0.4, -0.2) is 64.7 Å². The maximum Gasteiger partial charge on any atom is 0.244 e. The molecule has 2 aromatic rings. The van der Waals surface area contributed by atoms with Crippen molar-refractivity contribution >= 4 is 50.7 Å². The smallest absolute Gasteiger partial charge is 0.244 e. The minimum atomic E-state index is -3.94.